The first-order chi connectivity index (χ1) is 16.4. The van der Waals surface area contributed by atoms with Gasteiger partial charge in [0.05, 0.1) is 37.0 Å². The second kappa shape index (κ2) is 9.13. The second-order valence-corrected chi connectivity index (χ2v) is 8.86. The highest BCUT2D eigenvalue weighted by Crippen LogP contribution is 2.33. The van der Waals surface area contributed by atoms with Gasteiger partial charge < -0.3 is 19.9 Å². The zero-order chi connectivity index (χ0) is 23.8. The maximum absolute atomic E-state index is 13.0. The molecule has 1 aromatic carbocycles. The summed E-state index contributed by atoms with van der Waals surface area (Å²) in [6, 6.07) is 3.79. The molecular weight excluding hydrogens is 444 g/mol. The number of likely N-dealkylation sites (tertiary alicyclic amines) is 1. The standard InChI is InChI=1S/C23H27F2N7O2/c1-30-7-5-14-9-19(34-2)18(8-15(14)12-30)28-23-26-10-16-11-27-32(21(16)29-23)13-17-4-3-6-31(17)22(33)20(24)25/h8-11,17,20H,3-7,12-13H2,1-2H3,(H,26,28,29)/t17-/m0/s1. The average Bonchev–Trinajstić information content (AvgIpc) is 3.45. The largest absolute Gasteiger partial charge is 0.495 e. The Balaban J connectivity index is 1.41. The van der Waals surface area contributed by atoms with E-state index >= 15 is 0 Å². The number of hydrogen-bond donors (Lipinski definition) is 1. The van der Waals surface area contributed by atoms with Gasteiger partial charge in [0.1, 0.15) is 5.75 Å². The lowest BCUT2D eigenvalue weighted by molar-refractivity contribution is -0.143. The molecule has 180 valence electrons. The molecule has 1 atom stereocenters. The molecular formula is C23H27F2N7O2. The van der Waals surface area contributed by atoms with E-state index in [4.69, 9.17) is 4.74 Å². The topological polar surface area (TPSA) is 88.4 Å². The molecule has 1 saturated heterocycles. The number of hydrogen-bond acceptors (Lipinski definition) is 7. The third kappa shape index (κ3) is 4.27. The zero-order valence-corrected chi connectivity index (χ0v) is 19.2. The number of carbonyl (C=O) groups is 1. The van der Waals surface area contributed by atoms with Crippen LogP contribution in [0.15, 0.2) is 24.5 Å². The number of benzene rings is 1. The van der Waals surface area contributed by atoms with Gasteiger partial charge in [0, 0.05) is 25.8 Å². The first-order valence-corrected chi connectivity index (χ1v) is 11.4. The number of nitrogens with zero attached hydrogens (tertiary/aromatic N) is 6. The van der Waals surface area contributed by atoms with Crippen LogP contribution in [-0.4, -0.2) is 75.2 Å². The van der Waals surface area contributed by atoms with Crippen molar-refractivity contribution in [3.63, 3.8) is 0 Å². The molecule has 0 spiro atoms. The highest BCUT2D eigenvalue weighted by molar-refractivity contribution is 5.80. The van der Waals surface area contributed by atoms with Crippen LogP contribution in [0, 0.1) is 0 Å². The van der Waals surface area contributed by atoms with Crippen molar-refractivity contribution in [3.8, 4) is 5.75 Å². The number of amides is 1. The first-order valence-electron chi connectivity index (χ1n) is 11.4. The lowest BCUT2D eigenvalue weighted by atomic mass is 9.99. The molecule has 2 aromatic heterocycles. The van der Waals surface area contributed by atoms with E-state index in [1.807, 2.05) is 0 Å². The highest BCUT2D eigenvalue weighted by atomic mass is 19.3. The smallest absolute Gasteiger partial charge is 0.315 e. The van der Waals surface area contributed by atoms with E-state index in [0.717, 1.165) is 30.6 Å². The van der Waals surface area contributed by atoms with Crippen LogP contribution < -0.4 is 10.1 Å². The Morgan fingerprint density at radius 1 is 1.26 bits per heavy atom. The van der Waals surface area contributed by atoms with Crippen molar-refractivity contribution in [2.24, 2.45) is 0 Å². The number of methoxy groups -OCH3 is 1. The van der Waals surface area contributed by atoms with Gasteiger partial charge in [0.25, 0.3) is 5.91 Å². The highest BCUT2D eigenvalue weighted by Gasteiger charge is 2.34. The molecule has 4 heterocycles. The molecule has 1 amide bonds. The summed E-state index contributed by atoms with van der Waals surface area (Å²) in [4.78, 5) is 24.5. The number of alkyl halides is 2. The van der Waals surface area contributed by atoms with Gasteiger partial charge in [-0.2, -0.15) is 18.9 Å². The first kappa shape index (κ1) is 22.5. The lowest BCUT2D eigenvalue weighted by Gasteiger charge is -2.26. The summed E-state index contributed by atoms with van der Waals surface area (Å²) in [7, 11) is 3.73. The van der Waals surface area contributed by atoms with Gasteiger partial charge >= 0.3 is 6.43 Å². The fourth-order valence-corrected chi connectivity index (χ4v) is 4.82. The Morgan fingerprint density at radius 3 is 2.91 bits per heavy atom. The summed E-state index contributed by atoms with van der Waals surface area (Å²) in [5.74, 6) is -0.0303. The van der Waals surface area contributed by atoms with Crippen LogP contribution in [0.1, 0.15) is 24.0 Å². The van der Waals surface area contributed by atoms with E-state index in [1.54, 1.807) is 24.2 Å². The van der Waals surface area contributed by atoms with Crippen molar-refractivity contribution >= 4 is 28.6 Å². The van der Waals surface area contributed by atoms with Crippen molar-refractivity contribution in [2.45, 2.75) is 44.8 Å². The SMILES string of the molecule is COc1cc2c(cc1Nc1ncc3cnn(C[C@@H]4CCCN4C(=O)C(F)F)c3n1)CN(C)CC2. The van der Waals surface area contributed by atoms with Gasteiger partial charge in [-0.05, 0) is 49.6 Å². The molecule has 11 heteroatoms. The van der Waals surface area contributed by atoms with E-state index in [0.29, 0.717) is 43.3 Å². The summed E-state index contributed by atoms with van der Waals surface area (Å²) in [6.45, 7) is 2.50. The number of carbonyl (C=O) groups excluding carboxylic acids is 1. The minimum Gasteiger partial charge on any atom is -0.495 e. The fourth-order valence-electron chi connectivity index (χ4n) is 4.82. The summed E-state index contributed by atoms with van der Waals surface area (Å²) in [5.41, 5.74) is 3.85. The minimum atomic E-state index is -3.00. The van der Waals surface area contributed by atoms with Gasteiger partial charge in [-0.15, -0.1) is 0 Å². The normalized spacial score (nSPS) is 18.5. The van der Waals surface area contributed by atoms with Gasteiger partial charge in [-0.1, -0.05) is 0 Å². The van der Waals surface area contributed by atoms with Crippen molar-refractivity contribution in [3.05, 3.63) is 35.7 Å². The fraction of sp³-hybridized carbons (Fsp3) is 0.478. The Kier molecular flexibility index (Phi) is 6.03. The Hall–Kier alpha value is -3.34. The molecule has 1 fully saturated rings. The monoisotopic (exact) mass is 471 g/mol. The Labute approximate surface area is 195 Å². The number of aromatic nitrogens is 4. The van der Waals surface area contributed by atoms with Crippen molar-refractivity contribution in [1.29, 1.82) is 0 Å². The minimum absolute atomic E-state index is 0.299. The van der Waals surface area contributed by atoms with Gasteiger partial charge in [0.15, 0.2) is 5.65 Å². The van der Waals surface area contributed by atoms with Crippen LogP contribution >= 0.6 is 0 Å². The molecule has 0 radical (unpaired) electrons. The van der Waals surface area contributed by atoms with Crippen LogP contribution in [-0.2, 0) is 24.3 Å². The van der Waals surface area contributed by atoms with E-state index in [2.05, 4.69) is 44.5 Å². The molecule has 2 aliphatic heterocycles. The maximum atomic E-state index is 13.0. The average molecular weight is 472 g/mol. The maximum Gasteiger partial charge on any atom is 0.315 e. The third-order valence-electron chi connectivity index (χ3n) is 6.58. The summed E-state index contributed by atoms with van der Waals surface area (Å²) in [5, 5.41) is 8.37. The molecule has 3 aromatic rings. The number of likely N-dealkylation sites (N-methyl/N-ethyl adjacent to an activating group) is 1. The van der Waals surface area contributed by atoms with Crippen LogP contribution in [0.2, 0.25) is 0 Å². The number of halogens is 2. The number of fused-ring (bicyclic) bond motifs is 2. The van der Waals surface area contributed by atoms with Gasteiger partial charge in [-0.25, -0.2) is 9.67 Å². The number of anilines is 2. The Morgan fingerprint density at radius 2 is 2.12 bits per heavy atom. The van der Waals surface area contributed by atoms with Crippen molar-refractivity contribution in [2.75, 3.05) is 32.6 Å². The second-order valence-electron chi connectivity index (χ2n) is 8.86. The van der Waals surface area contributed by atoms with Gasteiger partial charge in [-0.3, -0.25) is 4.79 Å². The molecule has 0 bridgehead atoms. The number of rotatable bonds is 6. The van der Waals surface area contributed by atoms with Crippen LogP contribution in [0.25, 0.3) is 11.0 Å². The van der Waals surface area contributed by atoms with Crippen molar-refractivity contribution < 1.29 is 18.3 Å². The van der Waals surface area contributed by atoms with E-state index < -0.39 is 12.3 Å². The molecule has 1 N–H and O–H groups in total. The number of ether oxygens (including phenoxy) is 1. The van der Waals surface area contributed by atoms with Crippen molar-refractivity contribution in [1.82, 2.24) is 29.5 Å². The van der Waals surface area contributed by atoms with Crippen LogP contribution in [0.5, 0.6) is 5.75 Å². The Bertz CT molecular complexity index is 1220. The molecule has 34 heavy (non-hydrogen) atoms. The summed E-state index contributed by atoms with van der Waals surface area (Å²) >= 11 is 0. The molecule has 5 rings (SSSR count). The van der Waals surface area contributed by atoms with Crippen LogP contribution in [0.4, 0.5) is 20.4 Å². The molecule has 0 aliphatic carbocycles. The van der Waals surface area contributed by atoms with Gasteiger partial charge in [0.2, 0.25) is 5.95 Å². The lowest BCUT2D eigenvalue weighted by Crippen LogP contribution is -2.41. The van der Waals surface area contributed by atoms with E-state index in [9.17, 15) is 13.6 Å². The summed E-state index contributed by atoms with van der Waals surface area (Å²) < 4.78 is 33.2. The molecule has 2 aliphatic rings. The zero-order valence-electron chi connectivity index (χ0n) is 19.2. The predicted octanol–water partition coefficient (Wildman–Crippen LogP) is 2.82. The summed E-state index contributed by atoms with van der Waals surface area (Å²) in [6.07, 6.45) is 2.62. The van der Waals surface area contributed by atoms with E-state index in [1.165, 1.54) is 16.0 Å². The molecule has 9 nitrogen and oxygen atoms in total. The van der Waals surface area contributed by atoms with E-state index in [-0.39, 0.29) is 6.04 Å². The predicted molar refractivity (Wildman–Crippen MR) is 122 cm³/mol. The third-order valence-corrected chi connectivity index (χ3v) is 6.58. The molecule has 0 saturated carbocycles. The number of nitrogens with one attached hydrogen (secondary N) is 1. The quantitative estimate of drug-likeness (QED) is 0.592. The molecule has 0 unspecified atom stereocenters. The van der Waals surface area contributed by atoms with Crippen LogP contribution in [0.3, 0.4) is 0 Å².